The van der Waals surface area contributed by atoms with E-state index in [0.29, 0.717) is 19.2 Å². The van der Waals surface area contributed by atoms with Crippen molar-refractivity contribution in [3.8, 4) is 0 Å². The fourth-order valence-corrected chi connectivity index (χ4v) is 2.22. The molecule has 1 N–H and O–H groups in total. The van der Waals surface area contributed by atoms with Crippen LogP contribution in [0.3, 0.4) is 0 Å². The monoisotopic (exact) mass is 288 g/mol. The van der Waals surface area contributed by atoms with Crippen molar-refractivity contribution < 1.29 is 9.13 Å². The number of hydrogen-bond acceptors (Lipinski definition) is 5. The van der Waals surface area contributed by atoms with Crippen LogP contribution in [-0.2, 0) is 4.74 Å². The van der Waals surface area contributed by atoms with Crippen LogP contribution in [0.1, 0.15) is 5.69 Å². The van der Waals surface area contributed by atoms with Crippen LogP contribution >= 0.6 is 0 Å². The van der Waals surface area contributed by atoms with E-state index in [1.54, 1.807) is 12.1 Å². The van der Waals surface area contributed by atoms with Crippen molar-refractivity contribution in [1.82, 2.24) is 9.97 Å². The number of anilines is 3. The molecule has 0 amide bonds. The van der Waals surface area contributed by atoms with Crippen LogP contribution in [0.15, 0.2) is 30.3 Å². The van der Waals surface area contributed by atoms with Gasteiger partial charge in [0.1, 0.15) is 11.6 Å². The Morgan fingerprint density at radius 2 is 1.86 bits per heavy atom. The van der Waals surface area contributed by atoms with Gasteiger partial charge in [-0.2, -0.15) is 4.98 Å². The molecule has 0 unspecified atom stereocenters. The summed E-state index contributed by atoms with van der Waals surface area (Å²) in [6, 6.07) is 8.09. The van der Waals surface area contributed by atoms with Gasteiger partial charge in [0.15, 0.2) is 0 Å². The third kappa shape index (κ3) is 3.46. The summed E-state index contributed by atoms with van der Waals surface area (Å²) in [6.45, 7) is 5.01. The highest BCUT2D eigenvalue weighted by atomic mass is 19.1. The predicted octanol–water partition coefficient (Wildman–Crippen LogP) is 2.50. The normalized spacial score (nSPS) is 15.0. The van der Waals surface area contributed by atoms with Gasteiger partial charge in [0, 0.05) is 30.5 Å². The van der Waals surface area contributed by atoms with Gasteiger partial charge in [0.25, 0.3) is 0 Å². The van der Waals surface area contributed by atoms with E-state index in [0.717, 1.165) is 30.3 Å². The Morgan fingerprint density at radius 1 is 1.14 bits per heavy atom. The minimum absolute atomic E-state index is 0.264. The van der Waals surface area contributed by atoms with Crippen LogP contribution in [0.25, 0.3) is 0 Å². The van der Waals surface area contributed by atoms with Crippen LogP contribution in [-0.4, -0.2) is 36.3 Å². The van der Waals surface area contributed by atoms with Crippen LogP contribution in [0, 0.1) is 12.7 Å². The molecule has 1 aromatic carbocycles. The van der Waals surface area contributed by atoms with Gasteiger partial charge in [-0.1, -0.05) is 0 Å². The molecule has 0 atom stereocenters. The molecule has 0 spiro atoms. The average Bonchev–Trinajstić information content (AvgIpc) is 2.50. The Morgan fingerprint density at radius 3 is 2.57 bits per heavy atom. The van der Waals surface area contributed by atoms with E-state index in [2.05, 4.69) is 20.2 Å². The van der Waals surface area contributed by atoms with Crippen molar-refractivity contribution in [1.29, 1.82) is 0 Å². The first-order valence-electron chi connectivity index (χ1n) is 6.92. The molecule has 0 bridgehead atoms. The van der Waals surface area contributed by atoms with E-state index in [4.69, 9.17) is 4.74 Å². The van der Waals surface area contributed by atoms with Gasteiger partial charge in [-0.05, 0) is 31.2 Å². The van der Waals surface area contributed by atoms with E-state index in [1.165, 1.54) is 12.1 Å². The first-order valence-corrected chi connectivity index (χ1v) is 6.92. The molecule has 1 fully saturated rings. The lowest BCUT2D eigenvalue weighted by molar-refractivity contribution is 0.122. The minimum Gasteiger partial charge on any atom is -0.378 e. The summed E-state index contributed by atoms with van der Waals surface area (Å²) in [6.07, 6.45) is 0. The summed E-state index contributed by atoms with van der Waals surface area (Å²) in [4.78, 5) is 11.1. The lowest BCUT2D eigenvalue weighted by Gasteiger charge is -2.28. The molecule has 2 aromatic rings. The van der Waals surface area contributed by atoms with E-state index >= 15 is 0 Å². The zero-order valence-corrected chi connectivity index (χ0v) is 11.8. The Kier molecular flexibility index (Phi) is 3.96. The predicted molar refractivity (Wildman–Crippen MR) is 79.5 cm³/mol. The molecule has 0 aliphatic carbocycles. The summed E-state index contributed by atoms with van der Waals surface area (Å²) in [5, 5.41) is 3.10. The highest BCUT2D eigenvalue weighted by molar-refractivity contribution is 5.55. The van der Waals surface area contributed by atoms with E-state index in [9.17, 15) is 4.39 Å². The summed E-state index contributed by atoms with van der Waals surface area (Å²) in [5.74, 6) is 1.14. The molecular formula is C15H17FN4O. The third-order valence-electron chi connectivity index (χ3n) is 3.28. The maximum absolute atomic E-state index is 12.9. The number of ether oxygens (including phenoxy) is 1. The summed E-state index contributed by atoms with van der Waals surface area (Å²) in [7, 11) is 0. The fraction of sp³-hybridized carbons (Fsp3) is 0.333. The molecule has 1 saturated heterocycles. The highest BCUT2D eigenvalue weighted by Gasteiger charge is 2.14. The van der Waals surface area contributed by atoms with Crippen molar-refractivity contribution in [2.24, 2.45) is 0 Å². The lowest BCUT2D eigenvalue weighted by Crippen LogP contribution is -2.36. The summed E-state index contributed by atoms with van der Waals surface area (Å²) >= 11 is 0. The molecule has 1 aliphatic rings. The second kappa shape index (κ2) is 6.05. The molecule has 1 aromatic heterocycles. The fourth-order valence-electron chi connectivity index (χ4n) is 2.22. The average molecular weight is 288 g/mol. The summed E-state index contributed by atoms with van der Waals surface area (Å²) in [5.41, 5.74) is 1.64. The van der Waals surface area contributed by atoms with Gasteiger partial charge in [-0.3, -0.25) is 0 Å². The van der Waals surface area contributed by atoms with Crippen molar-refractivity contribution in [3.05, 3.63) is 41.8 Å². The van der Waals surface area contributed by atoms with Crippen LogP contribution < -0.4 is 10.2 Å². The second-order valence-electron chi connectivity index (χ2n) is 4.92. The van der Waals surface area contributed by atoms with Gasteiger partial charge >= 0.3 is 0 Å². The molecule has 21 heavy (non-hydrogen) atoms. The number of halogens is 1. The van der Waals surface area contributed by atoms with Crippen molar-refractivity contribution in [3.63, 3.8) is 0 Å². The molecule has 6 heteroatoms. The molecular weight excluding hydrogens is 271 g/mol. The quantitative estimate of drug-likeness (QED) is 0.940. The number of nitrogens with zero attached hydrogens (tertiary/aromatic N) is 3. The smallest absolute Gasteiger partial charge is 0.229 e. The van der Waals surface area contributed by atoms with Crippen LogP contribution in [0.2, 0.25) is 0 Å². The van der Waals surface area contributed by atoms with Crippen molar-refractivity contribution in [2.75, 3.05) is 36.5 Å². The number of nitrogens with one attached hydrogen (secondary N) is 1. The highest BCUT2D eigenvalue weighted by Crippen LogP contribution is 2.19. The van der Waals surface area contributed by atoms with Crippen LogP contribution in [0.4, 0.5) is 21.8 Å². The first-order chi connectivity index (χ1) is 10.2. The Balaban J connectivity index is 1.81. The number of aryl methyl sites for hydroxylation is 1. The molecule has 2 heterocycles. The standard InChI is InChI=1S/C15H17FN4O/c1-11-10-14(20-6-8-21-9-7-20)19-15(17-11)18-13-4-2-12(16)3-5-13/h2-5,10H,6-9H2,1H3,(H,17,18,19). The third-order valence-corrected chi connectivity index (χ3v) is 3.28. The zero-order valence-electron chi connectivity index (χ0n) is 11.8. The number of hydrogen-bond donors (Lipinski definition) is 1. The van der Waals surface area contributed by atoms with Crippen molar-refractivity contribution >= 4 is 17.5 Å². The summed E-state index contributed by atoms with van der Waals surface area (Å²) < 4.78 is 18.3. The molecule has 0 radical (unpaired) electrons. The number of morpholine rings is 1. The second-order valence-corrected chi connectivity index (χ2v) is 4.92. The van der Waals surface area contributed by atoms with Crippen molar-refractivity contribution in [2.45, 2.75) is 6.92 Å². The zero-order chi connectivity index (χ0) is 14.7. The van der Waals surface area contributed by atoms with E-state index in [-0.39, 0.29) is 5.82 Å². The Bertz CT molecular complexity index is 612. The molecule has 110 valence electrons. The largest absolute Gasteiger partial charge is 0.378 e. The number of rotatable bonds is 3. The molecule has 5 nitrogen and oxygen atoms in total. The maximum Gasteiger partial charge on any atom is 0.229 e. The topological polar surface area (TPSA) is 50.3 Å². The van der Waals surface area contributed by atoms with Crippen LogP contribution in [0.5, 0.6) is 0 Å². The minimum atomic E-state index is -0.264. The SMILES string of the molecule is Cc1cc(N2CCOCC2)nc(Nc2ccc(F)cc2)n1. The molecule has 0 saturated carbocycles. The van der Waals surface area contributed by atoms with E-state index < -0.39 is 0 Å². The van der Waals surface area contributed by atoms with Gasteiger partial charge in [-0.15, -0.1) is 0 Å². The maximum atomic E-state index is 12.9. The lowest BCUT2D eigenvalue weighted by atomic mass is 10.3. The Hall–Kier alpha value is -2.21. The number of benzene rings is 1. The van der Waals surface area contributed by atoms with Gasteiger partial charge in [0.05, 0.1) is 13.2 Å². The Labute approximate surface area is 122 Å². The molecule has 3 rings (SSSR count). The van der Waals surface area contributed by atoms with Gasteiger partial charge in [0.2, 0.25) is 5.95 Å². The number of aromatic nitrogens is 2. The first kappa shape index (κ1) is 13.8. The molecule has 1 aliphatic heterocycles. The van der Waals surface area contributed by atoms with E-state index in [1.807, 2.05) is 13.0 Å². The van der Waals surface area contributed by atoms with Gasteiger partial charge in [-0.25, -0.2) is 9.37 Å². The van der Waals surface area contributed by atoms with Gasteiger partial charge < -0.3 is 15.0 Å².